The van der Waals surface area contributed by atoms with Crippen LogP contribution < -0.4 is 0 Å². The lowest BCUT2D eigenvalue weighted by Gasteiger charge is -2.21. The lowest BCUT2D eigenvalue weighted by atomic mass is 10.0. The van der Waals surface area contributed by atoms with E-state index < -0.39 is 21.5 Å². The zero-order valence-electron chi connectivity index (χ0n) is 8.38. The first-order chi connectivity index (χ1) is 6.73. The minimum atomic E-state index is -4.01. The molecule has 0 aliphatic heterocycles. The zero-order valence-corrected chi connectivity index (χ0v) is 9.19. The quantitative estimate of drug-likeness (QED) is 0.506. The van der Waals surface area contributed by atoms with Crippen LogP contribution in [0.2, 0.25) is 0 Å². The summed E-state index contributed by atoms with van der Waals surface area (Å²) < 4.78 is 26.8. The maximum atomic E-state index is 9.52. The maximum Gasteiger partial charge on any atom is 0.134 e. The van der Waals surface area contributed by atoms with Gasteiger partial charge in [-0.25, -0.2) is 0 Å². The second-order valence-electron chi connectivity index (χ2n) is 3.55. The molecule has 0 heterocycles. The molecule has 0 amide bonds. The SMILES string of the molecule is CC(C)c1cc(O)c(S(O)(O)O)cc1O. The third-order valence-electron chi connectivity index (χ3n) is 2.03. The normalized spacial score (nSPS) is 13.2. The van der Waals surface area contributed by atoms with Crippen LogP contribution >= 0.6 is 10.9 Å². The molecule has 0 saturated heterocycles. The Balaban J connectivity index is 3.32. The summed E-state index contributed by atoms with van der Waals surface area (Å²) in [4.78, 5) is -0.468. The van der Waals surface area contributed by atoms with E-state index in [4.69, 9.17) is 13.7 Å². The predicted octanol–water partition coefficient (Wildman–Crippen LogP) is 2.80. The molecule has 0 aromatic heterocycles. The molecule has 1 aromatic carbocycles. The maximum absolute atomic E-state index is 9.52. The van der Waals surface area contributed by atoms with Crippen molar-refractivity contribution >= 4 is 10.9 Å². The van der Waals surface area contributed by atoms with Crippen LogP contribution in [0.4, 0.5) is 0 Å². The van der Waals surface area contributed by atoms with Crippen molar-refractivity contribution in [3.8, 4) is 11.5 Å². The smallest absolute Gasteiger partial charge is 0.134 e. The van der Waals surface area contributed by atoms with Gasteiger partial charge in [0, 0.05) is 11.6 Å². The molecule has 0 radical (unpaired) electrons. The van der Waals surface area contributed by atoms with Crippen molar-refractivity contribution in [1.82, 2.24) is 0 Å². The number of hydrogen-bond donors (Lipinski definition) is 5. The Bertz CT molecular complexity index is 370. The van der Waals surface area contributed by atoms with E-state index in [0.29, 0.717) is 5.56 Å². The zero-order chi connectivity index (χ0) is 11.8. The monoisotopic (exact) mass is 234 g/mol. The molecule has 0 unspecified atom stereocenters. The van der Waals surface area contributed by atoms with E-state index in [1.165, 1.54) is 6.07 Å². The van der Waals surface area contributed by atoms with Gasteiger partial charge in [-0.05, 0) is 12.0 Å². The highest BCUT2D eigenvalue weighted by atomic mass is 32.3. The van der Waals surface area contributed by atoms with Crippen LogP contribution in [0.3, 0.4) is 0 Å². The molecule has 0 aliphatic rings. The Hall–Kier alpha value is -0.950. The van der Waals surface area contributed by atoms with Gasteiger partial charge in [-0.15, -0.1) is 0 Å². The van der Waals surface area contributed by atoms with Gasteiger partial charge < -0.3 is 23.9 Å². The number of hydrogen-bond acceptors (Lipinski definition) is 5. The Morgan fingerprint density at radius 3 is 1.93 bits per heavy atom. The Morgan fingerprint density at radius 2 is 1.53 bits per heavy atom. The summed E-state index contributed by atoms with van der Waals surface area (Å²) in [6, 6.07) is 2.17. The number of benzene rings is 1. The standard InChI is InChI=1S/C9H14O5S/c1-5(2)6-3-8(11)9(4-7(6)10)15(12,13)14/h3-5,10-14H,1-2H3. The van der Waals surface area contributed by atoms with Crippen molar-refractivity contribution in [2.45, 2.75) is 24.7 Å². The van der Waals surface area contributed by atoms with Crippen LogP contribution in [-0.4, -0.2) is 23.9 Å². The molecule has 15 heavy (non-hydrogen) atoms. The average molecular weight is 234 g/mol. The molecular formula is C9H14O5S. The summed E-state index contributed by atoms with van der Waals surface area (Å²) >= 11 is 0. The van der Waals surface area contributed by atoms with Gasteiger partial charge in [-0.1, -0.05) is 13.8 Å². The van der Waals surface area contributed by atoms with Gasteiger partial charge in [-0.3, -0.25) is 0 Å². The van der Waals surface area contributed by atoms with E-state index >= 15 is 0 Å². The van der Waals surface area contributed by atoms with Gasteiger partial charge in [0.05, 0.1) is 0 Å². The molecule has 6 heteroatoms. The molecule has 1 rings (SSSR count). The Kier molecular flexibility index (Phi) is 3.15. The van der Waals surface area contributed by atoms with E-state index in [1.54, 1.807) is 0 Å². The second-order valence-corrected chi connectivity index (χ2v) is 5.03. The predicted molar refractivity (Wildman–Crippen MR) is 57.6 cm³/mol. The van der Waals surface area contributed by atoms with E-state index in [2.05, 4.69) is 0 Å². The Labute approximate surface area is 89.2 Å². The first-order valence-electron chi connectivity index (χ1n) is 4.30. The lowest BCUT2D eigenvalue weighted by molar-refractivity contribution is 0.364. The molecule has 0 fully saturated rings. The van der Waals surface area contributed by atoms with Crippen molar-refractivity contribution < 1.29 is 23.9 Å². The minimum Gasteiger partial charge on any atom is -0.508 e. The number of phenolic OH excluding ortho intramolecular Hbond substituents is 2. The summed E-state index contributed by atoms with van der Waals surface area (Å²) in [6.45, 7) is 3.62. The molecule has 0 atom stereocenters. The summed E-state index contributed by atoms with van der Waals surface area (Å²) in [7, 11) is -4.01. The van der Waals surface area contributed by atoms with Gasteiger partial charge in [0.1, 0.15) is 27.3 Å². The van der Waals surface area contributed by atoms with E-state index in [-0.39, 0.29) is 11.7 Å². The summed E-state index contributed by atoms with van der Waals surface area (Å²) in [6.07, 6.45) is 0. The first kappa shape index (κ1) is 12.1. The van der Waals surface area contributed by atoms with Crippen LogP contribution in [-0.2, 0) is 0 Å². The molecule has 0 bridgehead atoms. The van der Waals surface area contributed by atoms with Crippen LogP contribution in [0.15, 0.2) is 17.0 Å². The van der Waals surface area contributed by atoms with E-state index in [0.717, 1.165) is 6.07 Å². The highest BCUT2D eigenvalue weighted by Crippen LogP contribution is 2.50. The van der Waals surface area contributed by atoms with Crippen LogP contribution in [0.1, 0.15) is 25.3 Å². The minimum absolute atomic E-state index is 0.0228. The van der Waals surface area contributed by atoms with Crippen LogP contribution in [0.25, 0.3) is 0 Å². The van der Waals surface area contributed by atoms with E-state index in [1.807, 2.05) is 13.8 Å². The number of aromatic hydroxyl groups is 2. The van der Waals surface area contributed by atoms with Crippen molar-refractivity contribution in [3.63, 3.8) is 0 Å². The fourth-order valence-electron chi connectivity index (χ4n) is 1.26. The van der Waals surface area contributed by atoms with Gasteiger partial charge in [-0.2, -0.15) is 0 Å². The van der Waals surface area contributed by atoms with Gasteiger partial charge >= 0.3 is 0 Å². The molecule has 86 valence electrons. The topological polar surface area (TPSA) is 101 Å². The van der Waals surface area contributed by atoms with Gasteiger partial charge in [0.15, 0.2) is 0 Å². The van der Waals surface area contributed by atoms with Crippen LogP contribution in [0.5, 0.6) is 11.5 Å². The van der Waals surface area contributed by atoms with E-state index in [9.17, 15) is 10.2 Å². The third-order valence-corrected chi connectivity index (χ3v) is 2.94. The van der Waals surface area contributed by atoms with Crippen molar-refractivity contribution in [3.05, 3.63) is 17.7 Å². The average Bonchev–Trinajstić information content (AvgIpc) is 2.06. The molecule has 0 aliphatic carbocycles. The molecular weight excluding hydrogens is 220 g/mol. The summed E-state index contributed by atoms with van der Waals surface area (Å²) in [5, 5.41) is 18.9. The highest BCUT2D eigenvalue weighted by Gasteiger charge is 2.23. The van der Waals surface area contributed by atoms with Gasteiger partial charge in [0.25, 0.3) is 0 Å². The fraction of sp³-hybridized carbons (Fsp3) is 0.333. The van der Waals surface area contributed by atoms with Crippen molar-refractivity contribution in [1.29, 1.82) is 0 Å². The van der Waals surface area contributed by atoms with Gasteiger partial charge in [0.2, 0.25) is 0 Å². The lowest BCUT2D eigenvalue weighted by Crippen LogP contribution is -1.98. The first-order valence-corrected chi connectivity index (χ1v) is 5.80. The second kappa shape index (κ2) is 3.90. The largest absolute Gasteiger partial charge is 0.508 e. The Morgan fingerprint density at radius 1 is 1.00 bits per heavy atom. The summed E-state index contributed by atoms with van der Waals surface area (Å²) in [5.41, 5.74) is 0.472. The molecule has 5 nitrogen and oxygen atoms in total. The summed E-state index contributed by atoms with van der Waals surface area (Å²) in [5.74, 6) is -0.656. The fourth-order valence-corrected chi connectivity index (χ4v) is 1.86. The molecule has 0 saturated carbocycles. The molecule has 0 spiro atoms. The van der Waals surface area contributed by atoms with Crippen molar-refractivity contribution in [2.75, 3.05) is 0 Å². The highest BCUT2D eigenvalue weighted by molar-refractivity contribution is 8.19. The third kappa shape index (κ3) is 2.54. The molecule has 1 aromatic rings. The number of phenols is 2. The van der Waals surface area contributed by atoms with Crippen molar-refractivity contribution in [2.24, 2.45) is 0 Å². The van der Waals surface area contributed by atoms with Crippen LogP contribution in [0, 0.1) is 0 Å². The molecule has 5 N–H and O–H groups in total. The number of rotatable bonds is 2.